The van der Waals surface area contributed by atoms with Gasteiger partial charge < -0.3 is 4.90 Å². The number of benzene rings is 2. The third-order valence-corrected chi connectivity index (χ3v) is 5.57. The molecule has 1 aliphatic rings. The molecule has 0 N–H and O–H groups in total. The normalized spacial score (nSPS) is 17.0. The van der Waals surface area contributed by atoms with Gasteiger partial charge in [0.1, 0.15) is 11.6 Å². The van der Waals surface area contributed by atoms with Crippen molar-refractivity contribution in [3.05, 3.63) is 87.2 Å². The van der Waals surface area contributed by atoms with E-state index in [2.05, 4.69) is 11.6 Å². The average molecular weight is 435 g/mol. The minimum atomic E-state index is -0.771. The van der Waals surface area contributed by atoms with Crippen LogP contribution < -0.4 is 4.90 Å². The number of fused-ring (bicyclic) bond motifs is 1. The quantitative estimate of drug-likeness (QED) is 0.529. The zero-order valence-electron chi connectivity index (χ0n) is 16.1. The van der Waals surface area contributed by atoms with Gasteiger partial charge in [-0.3, -0.25) is 9.79 Å². The number of nitrogens with zero attached hydrogens (tertiary/aromatic N) is 2. The highest BCUT2D eigenvalue weighted by molar-refractivity contribution is 6.45. The summed E-state index contributed by atoms with van der Waals surface area (Å²) in [7, 11) is 0. The van der Waals surface area contributed by atoms with Gasteiger partial charge in [0.15, 0.2) is 5.78 Å². The number of carbonyl (C=O) groups is 1. The Morgan fingerprint density at radius 2 is 1.76 bits per heavy atom. The molecule has 0 unspecified atom stereocenters. The molecule has 1 aliphatic heterocycles. The first-order valence-corrected chi connectivity index (χ1v) is 9.57. The molecule has 0 saturated heterocycles. The maximum absolute atomic E-state index is 14.6. The smallest absolute Gasteiger partial charge is 0.156 e. The number of hydrogen-bond acceptors (Lipinski definition) is 3. The van der Waals surface area contributed by atoms with E-state index in [4.69, 9.17) is 23.2 Å². The van der Waals surface area contributed by atoms with Crippen LogP contribution in [-0.2, 0) is 4.79 Å². The summed E-state index contributed by atoms with van der Waals surface area (Å²) < 4.78 is 29.3. The predicted molar refractivity (Wildman–Crippen MR) is 114 cm³/mol. The van der Waals surface area contributed by atoms with Crippen molar-refractivity contribution < 1.29 is 13.6 Å². The third-order valence-electron chi connectivity index (χ3n) is 4.76. The second-order valence-corrected chi connectivity index (χ2v) is 7.52. The Morgan fingerprint density at radius 1 is 1.14 bits per heavy atom. The van der Waals surface area contributed by atoms with Crippen LogP contribution in [0.2, 0.25) is 10.0 Å². The number of carbonyl (C=O) groups excluding carboxylic acids is 1. The lowest BCUT2D eigenvalue weighted by molar-refractivity contribution is -0.113. The Labute approximate surface area is 178 Å². The summed E-state index contributed by atoms with van der Waals surface area (Å²) in [6.45, 7) is 8.93. The number of allylic oxidation sites excluding steroid dienone is 1. The molecule has 0 radical (unpaired) electrons. The molecular weight excluding hydrogens is 417 g/mol. The first-order valence-electron chi connectivity index (χ1n) is 8.81. The van der Waals surface area contributed by atoms with E-state index in [1.54, 1.807) is 37.1 Å². The molecule has 0 saturated carbocycles. The van der Waals surface area contributed by atoms with Gasteiger partial charge in [0.2, 0.25) is 0 Å². The molecule has 150 valence electrons. The summed E-state index contributed by atoms with van der Waals surface area (Å²) in [6, 6.07) is 6.26. The van der Waals surface area contributed by atoms with Crippen molar-refractivity contribution in [3.8, 4) is 0 Å². The van der Waals surface area contributed by atoms with Crippen LogP contribution in [0.1, 0.15) is 31.9 Å². The zero-order chi connectivity index (χ0) is 21.5. The highest BCUT2D eigenvalue weighted by Gasteiger charge is 2.30. The van der Waals surface area contributed by atoms with E-state index < -0.39 is 17.7 Å². The first kappa shape index (κ1) is 21.2. The van der Waals surface area contributed by atoms with Crippen molar-refractivity contribution in [1.82, 2.24) is 0 Å². The van der Waals surface area contributed by atoms with Crippen molar-refractivity contribution in [2.45, 2.75) is 26.8 Å². The zero-order valence-corrected chi connectivity index (χ0v) is 17.6. The van der Waals surface area contributed by atoms with E-state index in [0.717, 1.165) is 12.1 Å². The second-order valence-electron chi connectivity index (χ2n) is 6.74. The monoisotopic (exact) mass is 434 g/mol. The van der Waals surface area contributed by atoms with Crippen molar-refractivity contribution in [2.24, 2.45) is 4.99 Å². The Balaban J connectivity index is 2.40. The molecule has 2 aromatic rings. The molecule has 0 amide bonds. The van der Waals surface area contributed by atoms with E-state index in [1.165, 1.54) is 13.0 Å². The summed E-state index contributed by atoms with van der Waals surface area (Å²) in [5.74, 6) is -1.67. The molecule has 0 aromatic heterocycles. The van der Waals surface area contributed by atoms with Crippen LogP contribution in [0.25, 0.3) is 0 Å². The summed E-state index contributed by atoms with van der Waals surface area (Å²) >= 11 is 12.7. The van der Waals surface area contributed by atoms with Gasteiger partial charge >= 0.3 is 0 Å². The predicted octanol–water partition coefficient (Wildman–Crippen LogP) is 6.32. The molecule has 1 atom stereocenters. The van der Waals surface area contributed by atoms with Crippen LogP contribution in [0.3, 0.4) is 0 Å². The third kappa shape index (κ3) is 3.85. The first-order chi connectivity index (χ1) is 13.6. The fourth-order valence-corrected chi connectivity index (χ4v) is 3.41. The maximum Gasteiger partial charge on any atom is 0.156 e. The van der Waals surface area contributed by atoms with E-state index in [0.29, 0.717) is 17.0 Å². The molecule has 0 spiro atoms. The Kier molecular flexibility index (Phi) is 5.92. The summed E-state index contributed by atoms with van der Waals surface area (Å²) in [6.07, 6.45) is 1.61. The van der Waals surface area contributed by atoms with E-state index in [1.807, 2.05) is 0 Å². The molecular formula is C22H18Cl2F2N2O. The number of anilines is 1. The van der Waals surface area contributed by atoms with Crippen molar-refractivity contribution >= 4 is 40.4 Å². The fourth-order valence-electron chi connectivity index (χ4n) is 3.01. The Hall–Kier alpha value is -2.50. The van der Waals surface area contributed by atoms with Gasteiger partial charge in [-0.25, -0.2) is 8.78 Å². The SMILES string of the molecule is C=C1[C@H](C)N=C(c2c(F)cccc2F)c2c(ccc(Cl)c2Cl)N1/C=C(/C)C(C)=O. The fraction of sp³-hybridized carbons (Fsp3) is 0.182. The van der Waals surface area contributed by atoms with Crippen molar-refractivity contribution in [3.63, 3.8) is 0 Å². The van der Waals surface area contributed by atoms with Gasteiger partial charge in [-0.1, -0.05) is 35.8 Å². The standard InChI is InChI=1S/C22H18Cl2F2N2O/c1-11(14(4)29)10-28-13(3)12(2)27-22(19-16(25)6-5-7-17(19)26)20-18(28)9-8-15(23)21(20)24/h5-10,12H,3H2,1-2,4H3/b11-10-/t12-/m0/s1. The largest absolute Gasteiger partial charge is 0.318 e. The van der Waals surface area contributed by atoms with Crippen LogP contribution in [0.4, 0.5) is 14.5 Å². The molecule has 1 heterocycles. The molecule has 0 bridgehead atoms. The minimum Gasteiger partial charge on any atom is -0.318 e. The van der Waals surface area contributed by atoms with Gasteiger partial charge in [-0.2, -0.15) is 0 Å². The minimum absolute atomic E-state index is 0.0353. The number of Topliss-reactive ketones (excluding diaryl/α,β-unsaturated/α-hetero) is 1. The topological polar surface area (TPSA) is 32.7 Å². The lowest BCUT2D eigenvalue weighted by Crippen LogP contribution is -2.22. The van der Waals surface area contributed by atoms with Gasteiger partial charge in [-0.15, -0.1) is 0 Å². The van der Waals surface area contributed by atoms with Crippen LogP contribution in [0.5, 0.6) is 0 Å². The Bertz CT molecular complexity index is 1070. The van der Waals surface area contributed by atoms with Crippen LogP contribution >= 0.6 is 23.2 Å². The van der Waals surface area contributed by atoms with Crippen molar-refractivity contribution in [1.29, 1.82) is 0 Å². The lowest BCUT2D eigenvalue weighted by Gasteiger charge is -2.26. The molecule has 0 fully saturated rings. The number of benzodiazepines with no additional fused rings is 1. The van der Waals surface area contributed by atoms with Gasteiger partial charge in [-0.05, 0) is 45.0 Å². The highest BCUT2D eigenvalue weighted by Crippen LogP contribution is 2.40. The highest BCUT2D eigenvalue weighted by atomic mass is 35.5. The Morgan fingerprint density at radius 3 is 2.34 bits per heavy atom. The summed E-state index contributed by atoms with van der Waals surface area (Å²) in [4.78, 5) is 18.0. The molecule has 3 rings (SSSR count). The summed E-state index contributed by atoms with van der Waals surface area (Å²) in [5, 5.41) is 0.314. The molecule has 2 aromatic carbocycles. The van der Waals surface area contributed by atoms with E-state index in [-0.39, 0.29) is 32.7 Å². The number of aliphatic imine (C=N–C) groups is 1. The number of rotatable bonds is 3. The molecule has 3 nitrogen and oxygen atoms in total. The number of halogens is 4. The van der Waals surface area contributed by atoms with Crippen LogP contribution in [0.15, 0.2) is 59.4 Å². The number of ketones is 1. The van der Waals surface area contributed by atoms with E-state index in [9.17, 15) is 13.6 Å². The molecule has 7 heteroatoms. The van der Waals surface area contributed by atoms with Gasteiger partial charge in [0, 0.05) is 23.0 Å². The van der Waals surface area contributed by atoms with Gasteiger partial charge in [0.05, 0.1) is 33.0 Å². The lowest BCUT2D eigenvalue weighted by atomic mass is 9.99. The van der Waals surface area contributed by atoms with Crippen LogP contribution in [-0.4, -0.2) is 17.5 Å². The van der Waals surface area contributed by atoms with Crippen LogP contribution in [0, 0.1) is 11.6 Å². The number of hydrogen-bond donors (Lipinski definition) is 0. The maximum atomic E-state index is 14.6. The van der Waals surface area contributed by atoms with E-state index >= 15 is 0 Å². The van der Waals surface area contributed by atoms with Crippen molar-refractivity contribution in [2.75, 3.05) is 4.90 Å². The molecule has 29 heavy (non-hydrogen) atoms. The second kappa shape index (κ2) is 8.09. The van der Waals surface area contributed by atoms with Gasteiger partial charge in [0.25, 0.3) is 0 Å². The summed E-state index contributed by atoms with van der Waals surface area (Å²) in [5.41, 5.74) is 1.45. The molecule has 0 aliphatic carbocycles. The average Bonchev–Trinajstić information content (AvgIpc) is 2.75.